The molecular weight excluding hydrogens is 325 g/mol. The minimum atomic E-state index is -4.52. The lowest BCUT2D eigenvalue weighted by Gasteiger charge is -2.09. The highest BCUT2D eigenvalue weighted by atomic mass is 35.5. The molecule has 0 atom stereocenters. The van der Waals surface area contributed by atoms with Crippen LogP contribution in [0.5, 0.6) is 0 Å². The summed E-state index contributed by atoms with van der Waals surface area (Å²) in [7, 11) is 1.70. The molecule has 1 saturated carbocycles. The second-order valence-corrected chi connectivity index (χ2v) is 5.69. The van der Waals surface area contributed by atoms with Crippen molar-refractivity contribution in [1.29, 1.82) is 0 Å². The van der Waals surface area contributed by atoms with Gasteiger partial charge in [0.05, 0.1) is 10.7 Å². The summed E-state index contributed by atoms with van der Waals surface area (Å²) in [6.07, 6.45) is -2.18. The zero-order valence-corrected chi connectivity index (χ0v) is 13.0. The maximum absolute atomic E-state index is 12.9. The standard InChI is InChI=1S/C12H16ClF3N4S/c1-17-11(21)18-5-2-6-20-9(7-3-4-7)8(13)10(19-20)12(14,15)16/h7H,2-6H2,1H3,(H2,17,18,21). The van der Waals surface area contributed by atoms with E-state index in [0.29, 0.717) is 30.3 Å². The molecule has 21 heavy (non-hydrogen) atoms. The Kier molecular flexibility index (Phi) is 4.98. The Balaban J connectivity index is 2.06. The van der Waals surface area contributed by atoms with Gasteiger partial charge in [-0.05, 0) is 31.5 Å². The van der Waals surface area contributed by atoms with Crippen LogP contribution in [0.1, 0.15) is 36.6 Å². The molecular formula is C12H16ClF3N4S. The van der Waals surface area contributed by atoms with E-state index in [1.165, 1.54) is 4.68 Å². The number of alkyl halides is 3. The van der Waals surface area contributed by atoms with Crippen LogP contribution in [0.25, 0.3) is 0 Å². The number of hydrogen-bond donors (Lipinski definition) is 2. The van der Waals surface area contributed by atoms with Crippen molar-refractivity contribution in [2.24, 2.45) is 0 Å². The van der Waals surface area contributed by atoms with Gasteiger partial charge in [-0.2, -0.15) is 18.3 Å². The summed E-state index contributed by atoms with van der Waals surface area (Å²) < 4.78 is 40.0. The van der Waals surface area contributed by atoms with Crippen LogP contribution in [0.3, 0.4) is 0 Å². The summed E-state index contributed by atoms with van der Waals surface area (Å²) in [5, 5.41) is 9.63. The maximum atomic E-state index is 12.9. The molecule has 0 unspecified atom stereocenters. The molecule has 0 spiro atoms. The minimum absolute atomic E-state index is 0.104. The normalized spacial score (nSPS) is 15.1. The Bertz CT molecular complexity index is 525. The molecule has 2 rings (SSSR count). The summed E-state index contributed by atoms with van der Waals surface area (Å²) >= 11 is 10.8. The molecule has 0 saturated heterocycles. The van der Waals surface area contributed by atoms with Gasteiger partial charge >= 0.3 is 6.18 Å². The fraction of sp³-hybridized carbons (Fsp3) is 0.667. The van der Waals surface area contributed by atoms with Gasteiger partial charge in [-0.1, -0.05) is 11.6 Å². The first-order valence-electron chi connectivity index (χ1n) is 6.63. The molecule has 0 amide bonds. The van der Waals surface area contributed by atoms with Gasteiger partial charge in [0.25, 0.3) is 0 Å². The molecule has 0 bridgehead atoms. The van der Waals surface area contributed by atoms with Crippen molar-refractivity contribution < 1.29 is 13.2 Å². The summed E-state index contributed by atoms with van der Waals surface area (Å²) in [5.41, 5.74) is -0.468. The molecule has 1 aliphatic rings. The quantitative estimate of drug-likeness (QED) is 0.639. The third-order valence-electron chi connectivity index (χ3n) is 3.22. The van der Waals surface area contributed by atoms with Crippen LogP contribution in [0, 0.1) is 0 Å². The van der Waals surface area contributed by atoms with Crippen LogP contribution in [0.15, 0.2) is 0 Å². The van der Waals surface area contributed by atoms with Crippen molar-refractivity contribution in [2.75, 3.05) is 13.6 Å². The second kappa shape index (κ2) is 6.39. The number of rotatable bonds is 5. The molecule has 1 aromatic heterocycles. The van der Waals surface area contributed by atoms with Crippen molar-refractivity contribution in [3.8, 4) is 0 Å². The van der Waals surface area contributed by atoms with Gasteiger partial charge < -0.3 is 10.6 Å². The first-order chi connectivity index (χ1) is 9.84. The van der Waals surface area contributed by atoms with E-state index in [1.807, 2.05) is 0 Å². The number of nitrogens with zero attached hydrogens (tertiary/aromatic N) is 2. The maximum Gasteiger partial charge on any atom is 0.436 e. The van der Waals surface area contributed by atoms with E-state index in [9.17, 15) is 13.2 Å². The van der Waals surface area contributed by atoms with Gasteiger partial charge in [0.15, 0.2) is 10.8 Å². The van der Waals surface area contributed by atoms with Gasteiger partial charge in [-0.25, -0.2) is 0 Å². The molecule has 4 nitrogen and oxygen atoms in total. The molecule has 0 radical (unpaired) electrons. The highest BCUT2D eigenvalue weighted by Crippen LogP contribution is 2.46. The van der Waals surface area contributed by atoms with E-state index in [0.717, 1.165) is 12.8 Å². The van der Waals surface area contributed by atoms with Gasteiger partial charge in [0, 0.05) is 26.1 Å². The lowest BCUT2D eigenvalue weighted by Crippen LogP contribution is -2.33. The predicted octanol–water partition coefficient (Wildman–Crippen LogP) is 2.92. The van der Waals surface area contributed by atoms with Crippen molar-refractivity contribution >= 4 is 28.9 Å². The number of halogens is 4. The van der Waals surface area contributed by atoms with Crippen LogP contribution in [0.4, 0.5) is 13.2 Å². The lowest BCUT2D eigenvalue weighted by atomic mass is 10.2. The van der Waals surface area contributed by atoms with E-state index < -0.39 is 11.9 Å². The highest BCUT2D eigenvalue weighted by molar-refractivity contribution is 7.80. The number of aryl methyl sites for hydroxylation is 1. The molecule has 1 aromatic rings. The van der Waals surface area contributed by atoms with Crippen molar-refractivity contribution in [2.45, 2.75) is 37.9 Å². The van der Waals surface area contributed by atoms with E-state index in [1.54, 1.807) is 7.05 Å². The van der Waals surface area contributed by atoms with E-state index in [4.69, 9.17) is 23.8 Å². The topological polar surface area (TPSA) is 41.9 Å². The predicted molar refractivity (Wildman–Crippen MR) is 78.5 cm³/mol. The number of aromatic nitrogens is 2. The van der Waals surface area contributed by atoms with Crippen molar-refractivity contribution in [3.63, 3.8) is 0 Å². The Morgan fingerprint density at radius 1 is 1.48 bits per heavy atom. The molecule has 0 aromatic carbocycles. The lowest BCUT2D eigenvalue weighted by molar-refractivity contribution is -0.141. The molecule has 2 N–H and O–H groups in total. The van der Waals surface area contributed by atoms with E-state index in [-0.39, 0.29) is 10.9 Å². The fourth-order valence-electron chi connectivity index (χ4n) is 2.07. The third-order valence-corrected chi connectivity index (χ3v) is 3.94. The summed E-state index contributed by atoms with van der Waals surface area (Å²) in [6.45, 7) is 0.934. The largest absolute Gasteiger partial charge is 0.436 e. The van der Waals surface area contributed by atoms with E-state index in [2.05, 4.69) is 15.7 Å². The van der Waals surface area contributed by atoms with E-state index >= 15 is 0 Å². The molecule has 1 aliphatic carbocycles. The molecule has 1 fully saturated rings. The van der Waals surface area contributed by atoms with Crippen LogP contribution in [-0.4, -0.2) is 28.5 Å². The second-order valence-electron chi connectivity index (χ2n) is 4.90. The van der Waals surface area contributed by atoms with Crippen LogP contribution < -0.4 is 10.6 Å². The summed E-state index contributed by atoms with van der Waals surface area (Å²) in [4.78, 5) is 0. The summed E-state index contributed by atoms with van der Waals surface area (Å²) in [6, 6.07) is 0. The zero-order chi connectivity index (χ0) is 15.6. The Labute approximate surface area is 131 Å². The molecule has 9 heteroatoms. The first kappa shape index (κ1) is 16.4. The smallest absolute Gasteiger partial charge is 0.366 e. The van der Waals surface area contributed by atoms with Crippen LogP contribution in [-0.2, 0) is 12.7 Å². The molecule has 0 aliphatic heterocycles. The van der Waals surface area contributed by atoms with Crippen LogP contribution in [0.2, 0.25) is 5.02 Å². The SMILES string of the molecule is CNC(=S)NCCCn1nc(C(F)(F)F)c(Cl)c1C1CC1. The van der Waals surface area contributed by atoms with Gasteiger partial charge in [0.1, 0.15) is 0 Å². The third kappa shape index (κ3) is 4.00. The van der Waals surface area contributed by atoms with Gasteiger partial charge in [-0.15, -0.1) is 0 Å². The Morgan fingerprint density at radius 2 is 2.14 bits per heavy atom. The Hall–Kier alpha value is -1.02. The fourth-order valence-corrected chi connectivity index (χ4v) is 2.57. The monoisotopic (exact) mass is 340 g/mol. The number of hydrogen-bond acceptors (Lipinski definition) is 2. The summed E-state index contributed by atoms with van der Waals surface area (Å²) in [5.74, 6) is 0.104. The molecule has 1 heterocycles. The van der Waals surface area contributed by atoms with Crippen molar-refractivity contribution in [3.05, 3.63) is 16.4 Å². The number of nitrogens with one attached hydrogen (secondary N) is 2. The van der Waals surface area contributed by atoms with Gasteiger partial charge in [-0.3, -0.25) is 4.68 Å². The first-order valence-corrected chi connectivity index (χ1v) is 7.42. The Morgan fingerprint density at radius 3 is 2.67 bits per heavy atom. The highest BCUT2D eigenvalue weighted by Gasteiger charge is 2.41. The minimum Gasteiger partial charge on any atom is -0.366 e. The van der Waals surface area contributed by atoms with Crippen LogP contribution >= 0.6 is 23.8 Å². The molecule has 118 valence electrons. The average molecular weight is 341 g/mol. The van der Waals surface area contributed by atoms with Gasteiger partial charge in [0.2, 0.25) is 0 Å². The zero-order valence-electron chi connectivity index (χ0n) is 11.4. The van der Waals surface area contributed by atoms with Crippen molar-refractivity contribution in [1.82, 2.24) is 20.4 Å². The number of thiocarbonyl (C=S) groups is 1. The average Bonchev–Trinajstić information content (AvgIpc) is 3.17.